The van der Waals surface area contributed by atoms with Crippen molar-refractivity contribution in [3.63, 3.8) is 0 Å². The Morgan fingerprint density at radius 3 is 2.05 bits per heavy atom. The molecule has 0 aromatic heterocycles. The number of hydrogen-bond donors (Lipinski definition) is 5. The van der Waals surface area contributed by atoms with Crippen molar-refractivity contribution in [3.05, 3.63) is 71.8 Å². The zero-order valence-electron chi connectivity index (χ0n) is 22.0. The predicted octanol–water partition coefficient (Wildman–Crippen LogP) is -0.0198. The van der Waals surface area contributed by atoms with Crippen molar-refractivity contribution in [3.8, 4) is 0 Å². The molecular formula is C28H36N2O10. The molecule has 1 aliphatic heterocycles. The van der Waals surface area contributed by atoms with E-state index in [-0.39, 0.29) is 6.54 Å². The number of aliphatic imine (C=N–C) groups is 2. The number of aliphatic hydroxyl groups is 5. The molecule has 0 saturated carbocycles. The minimum atomic E-state index is -1.66. The lowest BCUT2D eigenvalue weighted by molar-refractivity contribution is -0.315. The van der Waals surface area contributed by atoms with Crippen LogP contribution in [0, 0.1) is 0 Å². The molecule has 0 unspecified atom stereocenters. The second-order valence-corrected chi connectivity index (χ2v) is 9.08. The molecule has 1 fully saturated rings. The van der Waals surface area contributed by atoms with Gasteiger partial charge in [0.15, 0.2) is 18.7 Å². The van der Waals surface area contributed by atoms with Crippen LogP contribution in [0.1, 0.15) is 18.1 Å². The van der Waals surface area contributed by atoms with E-state index in [0.717, 1.165) is 18.1 Å². The summed E-state index contributed by atoms with van der Waals surface area (Å²) >= 11 is 0. The van der Waals surface area contributed by atoms with E-state index >= 15 is 0 Å². The minimum absolute atomic E-state index is 0.252. The molecule has 0 radical (unpaired) electrons. The number of esters is 1. The van der Waals surface area contributed by atoms with E-state index in [1.54, 1.807) is 0 Å². The highest BCUT2D eigenvalue weighted by atomic mass is 16.7. The van der Waals surface area contributed by atoms with Crippen molar-refractivity contribution in [2.45, 2.75) is 69.2 Å². The molecule has 1 aliphatic rings. The lowest BCUT2D eigenvalue weighted by atomic mass is 9.99. The van der Waals surface area contributed by atoms with Crippen LogP contribution in [0.15, 0.2) is 70.6 Å². The number of nitrogens with zero attached hydrogens (tertiary/aromatic N) is 2. The summed E-state index contributed by atoms with van der Waals surface area (Å²) < 4.78 is 22.0. The van der Waals surface area contributed by atoms with Gasteiger partial charge in [0, 0.05) is 13.1 Å². The van der Waals surface area contributed by atoms with Gasteiger partial charge in [0.2, 0.25) is 0 Å². The summed E-state index contributed by atoms with van der Waals surface area (Å²) in [5, 5.41) is 51.3. The molecule has 0 spiro atoms. The first kappa shape index (κ1) is 31.5. The average molecular weight is 561 g/mol. The third kappa shape index (κ3) is 9.54. The Morgan fingerprint density at radius 1 is 0.950 bits per heavy atom. The van der Waals surface area contributed by atoms with Gasteiger partial charge in [-0.05, 0) is 11.1 Å². The standard InChI is InChI=1S/C28H36N2O10/c1-18(33)37-27-25(35)23(17-32)40-28(26(27)36)39-21(14-29-12-19-8-4-2-5-9-19)22(16-31)38-24(34)15-30-13-20-10-6-3-7-11-20/h2-11,14-15,21-28,31-32,34-36H,12-13,16-17H2,1H3/t21-,22-,23+,24-,25+,26+,27-,28+/m1/s1. The van der Waals surface area contributed by atoms with Gasteiger partial charge in [-0.2, -0.15) is 0 Å². The fraction of sp³-hybridized carbons (Fsp3) is 0.464. The van der Waals surface area contributed by atoms with Crippen LogP contribution in [-0.2, 0) is 36.8 Å². The molecule has 2 aromatic carbocycles. The van der Waals surface area contributed by atoms with Gasteiger partial charge >= 0.3 is 5.97 Å². The minimum Gasteiger partial charge on any atom is -0.457 e. The SMILES string of the molecule is CC(=O)O[C@H]1[C@H](O)[C@@H](O[C@H](C=NCc2ccccc2)[C@@H](CO)O[C@@H](O)C=NCc2ccccc2)O[C@@H](CO)[C@@H]1O. The Balaban J connectivity index is 1.76. The Bertz CT molecular complexity index is 1070. The summed E-state index contributed by atoms with van der Waals surface area (Å²) in [7, 11) is 0. The molecule has 12 heteroatoms. The molecule has 1 heterocycles. The summed E-state index contributed by atoms with van der Waals surface area (Å²) in [5.74, 6) is -0.768. The smallest absolute Gasteiger partial charge is 0.303 e. The highest BCUT2D eigenvalue weighted by Crippen LogP contribution is 2.26. The van der Waals surface area contributed by atoms with Gasteiger partial charge < -0.3 is 44.5 Å². The van der Waals surface area contributed by atoms with Crippen LogP contribution in [0.2, 0.25) is 0 Å². The molecule has 40 heavy (non-hydrogen) atoms. The van der Waals surface area contributed by atoms with E-state index in [9.17, 15) is 30.3 Å². The highest BCUT2D eigenvalue weighted by Gasteiger charge is 2.48. The molecule has 12 nitrogen and oxygen atoms in total. The molecule has 0 bridgehead atoms. The van der Waals surface area contributed by atoms with Gasteiger partial charge in [0.05, 0.1) is 32.5 Å². The molecular weight excluding hydrogens is 524 g/mol. The second kappa shape index (κ2) is 16.3. The Morgan fingerprint density at radius 2 is 1.52 bits per heavy atom. The molecule has 218 valence electrons. The third-order valence-electron chi connectivity index (χ3n) is 5.99. The third-order valence-corrected chi connectivity index (χ3v) is 5.99. The summed E-state index contributed by atoms with van der Waals surface area (Å²) in [6, 6.07) is 18.7. The topological polar surface area (TPSA) is 180 Å². The van der Waals surface area contributed by atoms with E-state index in [0.29, 0.717) is 6.54 Å². The number of rotatable bonds is 14. The van der Waals surface area contributed by atoms with Crippen molar-refractivity contribution >= 4 is 18.4 Å². The molecule has 2 aromatic rings. The van der Waals surface area contributed by atoms with Crippen LogP contribution in [0.4, 0.5) is 0 Å². The summed E-state index contributed by atoms with van der Waals surface area (Å²) in [6.45, 7) is 0.368. The highest BCUT2D eigenvalue weighted by molar-refractivity contribution is 5.66. The first-order valence-corrected chi connectivity index (χ1v) is 12.8. The number of ether oxygens (including phenoxy) is 4. The van der Waals surface area contributed by atoms with Crippen LogP contribution < -0.4 is 0 Å². The van der Waals surface area contributed by atoms with Crippen LogP contribution in [0.25, 0.3) is 0 Å². The van der Waals surface area contributed by atoms with E-state index in [1.165, 1.54) is 12.4 Å². The van der Waals surface area contributed by atoms with Crippen LogP contribution >= 0.6 is 0 Å². The Hall–Kier alpha value is -3.07. The van der Waals surface area contributed by atoms with Gasteiger partial charge in [0.25, 0.3) is 0 Å². The first-order chi connectivity index (χ1) is 19.3. The average Bonchev–Trinajstić information content (AvgIpc) is 2.95. The first-order valence-electron chi connectivity index (χ1n) is 12.8. The molecule has 0 aliphatic carbocycles. The number of carbonyl (C=O) groups excluding carboxylic acids is 1. The second-order valence-electron chi connectivity index (χ2n) is 9.08. The van der Waals surface area contributed by atoms with Gasteiger partial charge in [-0.15, -0.1) is 0 Å². The number of benzene rings is 2. The maximum Gasteiger partial charge on any atom is 0.303 e. The predicted molar refractivity (Wildman–Crippen MR) is 143 cm³/mol. The molecule has 3 rings (SSSR count). The fourth-order valence-corrected chi connectivity index (χ4v) is 3.99. The monoisotopic (exact) mass is 560 g/mol. The van der Waals surface area contributed by atoms with Gasteiger partial charge in [-0.1, -0.05) is 60.7 Å². The Labute approximate surface area is 232 Å². The van der Waals surface area contributed by atoms with Crippen LogP contribution in [0.3, 0.4) is 0 Å². The van der Waals surface area contributed by atoms with Crippen molar-refractivity contribution in [1.29, 1.82) is 0 Å². The van der Waals surface area contributed by atoms with Crippen LogP contribution in [0.5, 0.6) is 0 Å². The van der Waals surface area contributed by atoms with E-state index in [1.807, 2.05) is 60.7 Å². The summed E-state index contributed by atoms with van der Waals surface area (Å²) in [4.78, 5) is 20.1. The Kier molecular flexibility index (Phi) is 12.8. The number of hydrogen-bond acceptors (Lipinski definition) is 12. The van der Waals surface area contributed by atoms with E-state index in [2.05, 4.69) is 9.98 Å². The van der Waals surface area contributed by atoms with Crippen LogP contribution in [-0.4, -0.2) is 106 Å². The number of aliphatic hydroxyl groups excluding tert-OH is 5. The van der Waals surface area contributed by atoms with Crippen molar-refractivity contribution in [2.75, 3.05) is 13.2 Å². The molecule has 0 amide bonds. The normalized spacial score (nSPS) is 25.6. The zero-order valence-corrected chi connectivity index (χ0v) is 22.0. The summed E-state index contributed by atoms with van der Waals surface area (Å²) in [6.07, 6.45) is -8.84. The fourth-order valence-electron chi connectivity index (χ4n) is 3.99. The lowest BCUT2D eigenvalue weighted by Crippen LogP contribution is -2.61. The maximum atomic E-state index is 11.6. The number of carbonyl (C=O) groups is 1. The summed E-state index contributed by atoms with van der Waals surface area (Å²) in [5.41, 5.74) is 1.81. The van der Waals surface area contributed by atoms with Crippen molar-refractivity contribution in [1.82, 2.24) is 0 Å². The van der Waals surface area contributed by atoms with Gasteiger partial charge in [-0.3, -0.25) is 14.8 Å². The van der Waals surface area contributed by atoms with Gasteiger partial charge in [-0.25, -0.2) is 0 Å². The van der Waals surface area contributed by atoms with E-state index in [4.69, 9.17) is 18.9 Å². The molecule has 8 atom stereocenters. The van der Waals surface area contributed by atoms with Gasteiger partial charge in [0.1, 0.15) is 30.5 Å². The maximum absolute atomic E-state index is 11.6. The zero-order chi connectivity index (χ0) is 28.9. The quantitative estimate of drug-likeness (QED) is 0.120. The molecule has 5 N–H and O–H groups in total. The van der Waals surface area contributed by atoms with Crippen molar-refractivity contribution in [2.24, 2.45) is 9.98 Å². The molecule has 1 saturated heterocycles. The largest absolute Gasteiger partial charge is 0.457 e. The lowest BCUT2D eigenvalue weighted by Gasteiger charge is -2.42. The van der Waals surface area contributed by atoms with Crippen molar-refractivity contribution < 1.29 is 49.3 Å². The van der Waals surface area contributed by atoms with E-state index < -0.39 is 68.4 Å².